The predicted octanol–water partition coefficient (Wildman–Crippen LogP) is 2.68. The Morgan fingerprint density at radius 3 is 2.93 bits per heavy atom. The lowest BCUT2D eigenvalue weighted by Gasteiger charge is -2.08. The Morgan fingerprint density at radius 1 is 1.60 bits per heavy atom. The van der Waals surface area contributed by atoms with Gasteiger partial charge in [0, 0.05) is 18.7 Å². The van der Waals surface area contributed by atoms with E-state index >= 15 is 0 Å². The van der Waals surface area contributed by atoms with Crippen LogP contribution in [0.2, 0.25) is 0 Å². The third kappa shape index (κ3) is 1.68. The summed E-state index contributed by atoms with van der Waals surface area (Å²) in [6.45, 7) is 4.08. The van der Waals surface area contributed by atoms with Crippen LogP contribution in [0.4, 0.5) is 0 Å². The standard InChI is InChI=1S/C11H14BrN3/c1-3-9-14-11(12)10-8(7(2)13)5-4-6-15(9)10/h4-7H,3,13H2,1-2H3. The van der Waals surface area contributed by atoms with Crippen LogP contribution in [-0.4, -0.2) is 9.38 Å². The number of nitrogens with two attached hydrogens (primary N) is 1. The molecule has 0 radical (unpaired) electrons. The number of aromatic nitrogens is 2. The van der Waals surface area contributed by atoms with Gasteiger partial charge in [-0.25, -0.2) is 4.98 Å². The van der Waals surface area contributed by atoms with Gasteiger partial charge in [0.05, 0.1) is 5.52 Å². The normalized spacial score (nSPS) is 13.3. The number of rotatable bonds is 2. The number of pyridine rings is 1. The summed E-state index contributed by atoms with van der Waals surface area (Å²) in [7, 11) is 0. The highest BCUT2D eigenvalue weighted by Gasteiger charge is 2.13. The van der Waals surface area contributed by atoms with Crippen molar-refractivity contribution in [1.29, 1.82) is 0 Å². The minimum absolute atomic E-state index is 0.0198. The number of hydrogen-bond acceptors (Lipinski definition) is 2. The maximum Gasteiger partial charge on any atom is 0.132 e. The van der Waals surface area contributed by atoms with Gasteiger partial charge in [0.15, 0.2) is 0 Å². The van der Waals surface area contributed by atoms with Crippen LogP contribution in [0.5, 0.6) is 0 Å². The van der Waals surface area contributed by atoms with Gasteiger partial charge in [0.2, 0.25) is 0 Å². The highest BCUT2D eigenvalue weighted by atomic mass is 79.9. The van der Waals surface area contributed by atoms with Crippen LogP contribution in [0.1, 0.15) is 31.3 Å². The average molecular weight is 268 g/mol. The number of aryl methyl sites for hydroxylation is 1. The van der Waals surface area contributed by atoms with Crippen LogP contribution in [-0.2, 0) is 6.42 Å². The molecule has 2 aromatic heterocycles. The highest BCUT2D eigenvalue weighted by molar-refractivity contribution is 9.10. The maximum atomic E-state index is 5.94. The molecule has 4 heteroatoms. The topological polar surface area (TPSA) is 43.3 Å². The summed E-state index contributed by atoms with van der Waals surface area (Å²) in [5.41, 5.74) is 8.15. The third-order valence-corrected chi connectivity index (χ3v) is 3.09. The van der Waals surface area contributed by atoms with Crippen LogP contribution in [0.15, 0.2) is 22.9 Å². The molecule has 2 rings (SSSR count). The van der Waals surface area contributed by atoms with E-state index < -0.39 is 0 Å². The van der Waals surface area contributed by atoms with Crippen molar-refractivity contribution in [3.05, 3.63) is 34.3 Å². The molecular weight excluding hydrogens is 254 g/mol. The molecule has 0 spiro atoms. The van der Waals surface area contributed by atoms with E-state index in [4.69, 9.17) is 5.73 Å². The van der Waals surface area contributed by atoms with Gasteiger partial charge in [-0.3, -0.25) is 0 Å². The van der Waals surface area contributed by atoms with Gasteiger partial charge in [0.1, 0.15) is 10.4 Å². The van der Waals surface area contributed by atoms with Crippen molar-refractivity contribution in [3.63, 3.8) is 0 Å². The number of imidazole rings is 1. The summed E-state index contributed by atoms with van der Waals surface area (Å²) in [5, 5.41) is 0. The zero-order valence-electron chi connectivity index (χ0n) is 8.87. The summed E-state index contributed by atoms with van der Waals surface area (Å²) >= 11 is 3.49. The van der Waals surface area contributed by atoms with Crippen molar-refractivity contribution in [2.45, 2.75) is 26.3 Å². The fourth-order valence-corrected chi connectivity index (χ4v) is 2.42. The highest BCUT2D eigenvalue weighted by Crippen LogP contribution is 2.26. The van der Waals surface area contributed by atoms with Crippen LogP contribution >= 0.6 is 15.9 Å². The summed E-state index contributed by atoms with van der Waals surface area (Å²) < 4.78 is 2.98. The lowest BCUT2D eigenvalue weighted by atomic mass is 10.1. The van der Waals surface area contributed by atoms with E-state index in [1.54, 1.807) is 0 Å². The first-order chi connectivity index (χ1) is 7.15. The molecule has 1 unspecified atom stereocenters. The molecule has 0 aliphatic rings. The van der Waals surface area contributed by atoms with Crippen molar-refractivity contribution in [2.24, 2.45) is 5.73 Å². The minimum atomic E-state index is 0.0198. The molecule has 2 aromatic rings. The second-order valence-electron chi connectivity index (χ2n) is 3.64. The van der Waals surface area contributed by atoms with Gasteiger partial charge in [-0.15, -0.1) is 0 Å². The molecule has 0 fully saturated rings. The molecule has 0 aromatic carbocycles. The van der Waals surface area contributed by atoms with Gasteiger partial charge in [-0.1, -0.05) is 13.0 Å². The molecule has 0 aliphatic heterocycles. The van der Waals surface area contributed by atoms with Gasteiger partial charge in [0.25, 0.3) is 0 Å². The van der Waals surface area contributed by atoms with Crippen molar-refractivity contribution >= 4 is 21.4 Å². The molecule has 2 heterocycles. The van der Waals surface area contributed by atoms with Crippen LogP contribution in [0.25, 0.3) is 5.52 Å². The molecule has 0 amide bonds. The quantitative estimate of drug-likeness (QED) is 0.909. The van der Waals surface area contributed by atoms with E-state index in [9.17, 15) is 0 Å². The summed E-state index contributed by atoms with van der Waals surface area (Å²) in [6.07, 6.45) is 2.94. The Labute approximate surface area is 97.4 Å². The monoisotopic (exact) mass is 267 g/mol. The number of fused-ring (bicyclic) bond motifs is 1. The van der Waals surface area contributed by atoms with E-state index in [1.807, 2.05) is 25.3 Å². The molecule has 80 valence electrons. The molecule has 0 saturated carbocycles. The Balaban J connectivity index is 2.80. The summed E-state index contributed by atoms with van der Waals surface area (Å²) in [5.74, 6) is 1.05. The molecule has 0 aliphatic carbocycles. The lowest BCUT2D eigenvalue weighted by Crippen LogP contribution is -2.07. The SMILES string of the molecule is CCc1nc(Br)c2c(C(C)N)cccn12. The summed E-state index contributed by atoms with van der Waals surface area (Å²) in [6, 6.07) is 4.08. The van der Waals surface area contributed by atoms with Gasteiger partial charge >= 0.3 is 0 Å². The van der Waals surface area contributed by atoms with Crippen LogP contribution < -0.4 is 5.73 Å². The van der Waals surface area contributed by atoms with E-state index in [2.05, 4.69) is 32.2 Å². The van der Waals surface area contributed by atoms with Crippen molar-refractivity contribution in [1.82, 2.24) is 9.38 Å². The number of halogens is 1. The van der Waals surface area contributed by atoms with Gasteiger partial charge < -0.3 is 10.1 Å². The average Bonchev–Trinajstić information content (AvgIpc) is 2.55. The molecular formula is C11H14BrN3. The van der Waals surface area contributed by atoms with Crippen LogP contribution in [0.3, 0.4) is 0 Å². The predicted molar refractivity (Wildman–Crippen MR) is 64.9 cm³/mol. The molecule has 3 nitrogen and oxygen atoms in total. The lowest BCUT2D eigenvalue weighted by molar-refractivity contribution is 0.816. The maximum absolute atomic E-state index is 5.94. The fraction of sp³-hybridized carbons (Fsp3) is 0.364. The second-order valence-corrected chi connectivity index (χ2v) is 4.39. The Bertz CT molecular complexity index is 488. The Kier molecular flexibility index (Phi) is 2.80. The van der Waals surface area contributed by atoms with Crippen LogP contribution in [0, 0.1) is 0 Å². The first-order valence-electron chi connectivity index (χ1n) is 5.06. The second kappa shape index (κ2) is 3.94. The van der Waals surface area contributed by atoms with Crippen molar-refractivity contribution in [3.8, 4) is 0 Å². The zero-order valence-corrected chi connectivity index (χ0v) is 10.5. The molecule has 1 atom stereocenters. The summed E-state index contributed by atoms with van der Waals surface area (Å²) in [4.78, 5) is 4.48. The van der Waals surface area contributed by atoms with Gasteiger partial charge in [-0.05, 0) is 34.5 Å². The largest absolute Gasteiger partial charge is 0.324 e. The van der Waals surface area contributed by atoms with E-state index in [1.165, 1.54) is 0 Å². The molecule has 0 bridgehead atoms. The van der Waals surface area contributed by atoms with E-state index in [-0.39, 0.29) is 6.04 Å². The van der Waals surface area contributed by atoms with Gasteiger partial charge in [-0.2, -0.15) is 0 Å². The van der Waals surface area contributed by atoms with E-state index in [0.29, 0.717) is 0 Å². The smallest absolute Gasteiger partial charge is 0.132 e. The van der Waals surface area contributed by atoms with Crippen molar-refractivity contribution < 1.29 is 0 Å². The Morgan fingerprint density at radius 2 is 2.33 bits per heavy atom. The number of hydrogen-bond donors (Lipinski definition) is 1. The first-order valence-corrected chi connectivity index (χ1v) is 5.85. The van der Waals surface area contributed by atoms with Crippen molar-refractivity contribution in [2.75, 3.05) is 0 Å². The zero-order chi connectivity index (χ0) is 11.0. The number of nitrogens with zero attached hydrogens (tertiary/aromatic N) is 2. The third-order valence-electron chi connectivity index (χ3n) is 2.53. The van der Waals surface area contributed by atoms with E-state index in [0.717, 1.165) is 27.9 Å². The fourth-order valence-electron chi connectivity index (χ4n) is 1.80. The molecule has 15 heavy (non-hydrogen) atoms. The Hall–Kier alpha value is -0.870. The molecule has 2 N–H and O–H groups in total. The molecule has 0 saturated heterocycles. The first kappa shape index (κ1) is 10.6. The minimum Gasteiger partial charge on any atom is -0.324 e.